The van der Waals surface area contributed by atoms with Gasteiger partial charge >= 0.3 is 0 Å². The van der Waals surface area contributed by atoms with Gasteiger partial charge in [-0.25, -0.2) is 0 Å². The van der Waals surface area contributed by atoms with E-state index < -0.39 is 5.60 Å². The number of Topliss-reactive ketones (excluding diaryl/α,β-unsaturated/α-hetero) is 2. The molecule has 0 N–H and O–H groups in total. The van der Waals surface area contributed by atoms with Crippen LogP contribution in [0.5, 0.6) is 0 Å². The van der Waals surface area contributed by atoms with Gasteiger partial charge in [-0.3, -0.25) is 9.59 Å². The Morgan fingerprint density at radius 1 is 1.33 bits per heavy atom. The molecule has 0 heterocycles. The molecule has 3 nitrogen and oxygen atoms in total. The van der Waals surface area contributed by atoms with Crippen molar-refractivity contribution in [2.45, 2.75) is 39.2 Å². The lowest BCUT2D eigenvalue weighted by atomic mass is 9.98. The second kappa shape index (κ2) is 4.36. The van der Waals surface area contributed by atoms with Crippen molar-refractivity contribution in [1.29, 1.82) is 0 Å². The number of hydrogen-bond donors (Lipinski definition) is 0. The highest BCUT2D eigenvalue weighted by atomic mass is 16.5. The monoisotopic (exact) mass is 172 g/mol. The maximum absolute atomic E-state index is 11.3. The molecule has 0 atom stereocenters. The van der Waals surface area contributed by atoms with E-state index in [-0.39, 0.29) is 18.0 Å². The molecule has 0 aliphatic rings. The predicted molar refractivity (Wildman–Crippen MR) is 46.0 cm³/mol. The standard InChI is InChI=1S/C9H16O3/c1-5-7(10)6-8(11)9(2,3)12-4/h5-6H2,1-4H3. The summed E-state index contributed by atoms with van der Waals surface area (Å²) in [6.45, 7) is 5.08. The van der Waals surface area contributed by atoms with Gasteiger partial charge in [0.25, 0.3) is 0 Å². The Bertz CT molecular complexity index is 182. The molecular weight excluding hydrogens is 156 g/mol. The number of rotatable bonds is 5. The lowest BCUT2D eigenvalue weighted by molar-refractivity contribution is -0.140. The minimum Gasteiger partial charge on any atom is -0.371 e. The van der Waals surface area contributed by atoms with Crippen molar-refractivity contribution in [2.24, 2.45) is 0 Å². The molecule has 0 saturated carbocycles. The number of methoxy groups -OCH3 is 1. The minimum absolute atomic E-state index is 0.0165. The van der Waals surface area contributed by atoms with Crippen LogP contribution in [0.1, 0.15) is 33.6 Å². The van der Waals surface area contributed by atoms with E-state index in [0.29, 0.717) is 6.42 Å². The van der Waals surface area contributed by atoms with Gasteiger partial charge < -0.3 is 4.74 Å². The summed E-state index contributed by atoms with van der Waals surface area (Å²) in [4.78, 5) is 22.2. The van der Waals surface area contributed by atoms with Crippen molar-refractivity contribution in [3.63, 3.8) is 0 Å². The van der Waals surface area contributed by atoms with Crippen LogP contribution in [0.25, 0.3) is 0 Å². The maximum Gasteiger partial charge on any atom is 0.171 e. The molecule has 0 amide bonds. The fourth-order valence-corrected chi connectivity index (χ4v) is 0.631. The summed E-state index contributed by atoms with van der Waals surface area (Å²) in [6.07, 6.45) is 0.392. The van der Waals surface area contributed by atoms with Gasteiger partial charge in [-0.1, -0.05) is 6.92 Å². The number of carbonyl (C=O) groups is 2. The Balaban J connectivity index is 4.13. The molecule has 0 aromatic carbocycles. The van der Waals surface area contributed by atoms with Crippen molar-refractivity contribution in [1.82, 2.24) is 0 Å². The van der Waals surface area contributed by atoms with E-state index in [0.717, 1.165) is 0 Å². The molecule has 0 unspecified atom stereocenters. The van der Waals surface area contributed by atoms with Gasteiger partial charge in [0, 0.05) is 13.5 Å². The molecule has 0 aromatic rings. The third-order valence-corrected chi connectivity index (χ3v) is 1.93. The van der Waals surface area contributed by atoms with Gasteiger partial charge in [0.05, 0.1) is 6.42 Å². The van der Waals surface area contributed by atoms with Crippen molar-refractivity contribution in [3.8, 4) is 0 Å². The zero-order chi connectivity index (χ0) is 9.78. The summed E-state index contributed by atoms with van der Waals surface area (Å²) in [6, 6.07) is 0. The van der Waals surface area contributed by atoms with Crippen LogP contribution >= 0.6 is 0 Å². The Kier molecular flexibility index (Phi) is 4.10. The number of hydrogen-bond acceptors (Lipinski definition) is 3. The van der Waals surface area contributed by atoms with Gasteiger partial charge in [0.1, 0.15) is 11.4 Å². The molecule has 3 heteroatoms. The van der Waals surface area contributed by atoms with Crippen molar-refractivity contribution >= 4 is 11.6 Å². The molecule has 70 valence electrons. The summed E-state index contributed by atoms with van der Waals surface area (Å²) in [5.41, 5.74) is -0.829. The quantitative estimate of drug-likeness (QED) is 0.588. The van der Waals surface area contributed by atoms with Crippen LogP contribution in [0, 0.1) is 0 Å². The first-order chi connectivity index (χ1) is 5.44. The van der Waals surface area contributed by atoms with Gasteiger partial charge in [0.15, 0.2) is 5.78 Å². The lowest BCUT2D eigenvalue weighted by Crippen LogP contribution is -2.35. The average Bonchev–Trinajstić information content (AvgIpc) is 2.04. The van der Waals surface area contributed by atoms with Gasteiger partial charge in [-0.05, 0) is 13.8 Å². The second-order valence-electron chi connectivity index (χ2n) is 3.21. The number of ketones is 2. The SMILES string of the molecule is CCC(=O)CC(=O)C(C)(C)OC. The first kappa shape index (κ1) is 11.3. The molecule has 0 bridgehead atoms. The summed E-state index contributed by atoms with van der Waals surface area (Å²) < 4.78 is 4.94. The molecule has 12 heavy (non-hydrogen) atoms. The highest BCUT2D eigenvalue weighted by Crippen LogP contribution is 2.11. The summed E-state index contributed by atoms with van der Waals surface area (Å²) >= 11 is 0. The van der Waals surface area contributed by atoms with Crippen LogP contribution in [0.2, 0.25) is 0 Å². The molecule has 0 rings (SSSR count). The third kappa shape index (κ3) is 3.13. The van der Waals surface area contributed by atoms with E-state index >= 15 is 0 Å². The van der Waals surface area contributed by atoms with E-state index in [4.69, 9.17) is 4.74 Å². The second-order valence-corrected chi connectivity index (χ2v) is 3.21. The number of carbonyl (C=O) groups excluding carboxylic acids is 2. The first-order valence-corrected chi connectivity index (χ1v) is 4.04. The summed E-state index contributed by atoms with van der Waals surface area (Å²) in [7, 11) is 1.47. The molecule has 0 fully saturated rings. The smallest absolute Gasteiger partial charge is 0.171 e. The highest BCUT2D eigenvalue weighted by Gasteiger charge is 2.27. The van der Waals surface area contributed by atoms with Crippen molar-refractivity contribution < 1.29 is 14.3 Å². The molecular formula is C9H16O3. The topological polar surface area (TPSA) is 43.4 Å². The third-order valence-electron chi connectivity index (χ3n) is 1.93. The fraction of sp³-hybridized carbons (Fsp3) is 0.778. The Morgan fingerprint density at radius 2 is 1.83 bits per heavy atom. The summed E-state index contributed by atoms with van der Waals surface area (Å²) in [5.74, 6) is -0.193. The van der Waals surface area contributed by atoms with Crippen LogP contribution in [-0.4, -0.2) is 24.3 Å². The maximum atomic E-state index is 11.3. The lowest BCUT2D eigenvalue weighted by Gasteiger charge is -2.20. The molecule has 0 saturated heterocycles. The van der Waals surface area contributed by atoms with Gasteiger partial charge in [-0.2, -0.15) is 0 Å². The molecule has 0 aromatic heterocycles. The Hall–Kier alpha value is -0.700. The zero-order valence-electron chi connectivity index (χ0n) is 8.14. The highest BCUT2D eigenvalue weighted by molar-refractivity contribution is 6.02. The normalized spacial score (nSPS) is 11.3. The van der Waals surface area contributed by atoms with E-state index in [2.05, 4.69) is 0 Å². The van der Waals surface area contributed by atoms with Gasteiger partial charge in [0.2, 0.25) is 0 Å². The van der Waals surface area contributed by atoms with Crippen LogP contribution in [0.15, 0.2) is 0 Å². The predicted octanol–water partition coefficient (Wildman–Crippen LogP) is 1.35. The van der Waals surface area contributed by atoms with Crippen LogP contribution in [-0.2, 0) is 14.3 Å². The molecule has 0 aliphatic heterocycles. The molecule has 0 spiro atoms. The Labute approximate surface area is 73.1 Å². The molecule has 0 aliphatic carbocycles. The molecule has 0 radical (unpaired) electrons. The first-order valence-electron chi connectivity index (χ1n) is 4.04. The van der Waals surface area contributed by atoms with Crippen molar-refractivity contribution in [2.75, 3.05) is 7.11 Å². The summed E-state index contributed by atoms with van der Waals surface area (Å²) in [5, 5.41) is 0. The van der Waals surface area contributed by atoms with E-state index in [1.165, 1.54) is 7.11 Å². The van der Waals surface area contributed by atoms with E-state index in [1.807, 2.05) is 0 Å². The minimum atomic E-state index is -0.829. The van der Waals surface area contributed by atoms with Crippen LogP contribution in [0.3, 0.4) is 0 Å². The Morgan fingerprint density at radius 3 is 2.17 bits per heavy atom. The van der Waals surface area contributed by atoms with Crippen LogP contribution in [0.4, 0.5) is 0 Å². The van der Waals surface area contributed by atoms with Crippen LogP contribution < -0.4 is 0 Å². The number of ether oxygens (including phenoxy) is 1. The zero-order valence-corrected chi connectivity index (χ0v) is 8.14. The van der Waals surface area contributed by atoms with E-state index in [9.17, 15) is 9.59 Å². The van der Waals surface area contributed by atoms with Crippen molar-refractivity contribution in [3.05, 3.63) is 0 Å². The van der Waals surface area contributed by atoms with E-state index in [1.54, 1.807) is 20.8 Å². The van der Waals surface area contributed by atoms with Gasteiger partial charge in [-0.15, -0.1) is 0 Å². The fourth-order valence-electron chi connectivity index (χ4n) is 0.631. The largest absolute Gasteiger partial charge is 0.371 e. The average molecular weight is 172 g/mol.